The van der Waals surface area contributed by atoms with E-state index in [1.165, 1.54) is 4.90 Å². The molecular formula is C23H33N5O4. The fourth-order valence-corrected chi connectivity index (χ4v) is 3.15. The topological polar surface area (TPSA) is 108 Å². The summed E-state index contributed by atoms with van der Waals surface area (Å²) in [5.74, 6) is -0.934. The van der Waals surface area contributed by atoms with Gasteiger partial charge in [-0.05, 0) is 51.8 Å². The lowest BCUT2D eigenvalue weighted by molar-refractivity contribution is -0.138. The molecule has 32 heavy (non-hydrogen) atoms. The summed E-state index contributed by atoms with van der Waals surface area (Å²) in [6.07, 6.45) is 1.42. The number of hydrogen-bond donors (Lipinski definition) is 2. The van der Waals surface area contributed by atoms with Crippen molar-refractivity contribution in [2.45, 2.75) is 46.1 Å². The van der Waals surface area contributed by atoms with Crippen LogP contribution in [0.4, 0.5) is 16.4 Å². The zero-order valence-corrected chi connectivity index (χ0v) is 19.6. The molecule has 1 atom stereocenters. The number of carbonyl (C=O) groups is 2. The summed E-state index contributed by atoms with van der Waals surface area (Å²) < 4.78 is 5.23. The zero-order chi connectivity index (χ0) is 23.8. The molecule has 1 amide bonds. The van der Waals surface area contributed by atoms with Crippen LogP contribution in [0.2, 0.25) is 0 Å². The minimum absolute atomic E-state index is 0.0942. The maximum absolute atomic E-state index is 12.3. The lowest BCUT2D eigenvalue weighted by atomic mass is 9.95. The van der Waals surface area contributed by atoms with Crippen LogP contribution < -0.4 is 15.0 Å². The summed E-state index contributed by atoms with van der Waals surface area (Å²) in [4.78, 5) is 36.4. The van der Waals surface area contributed by atoms with Crippen molar-refractivity contribution in [2.75, 3.05) is 37.4 Å². The van der Waals surface area contributed by atoms with Crippen LogP contribution in [0.25, 0.3) is 0 Å². The summed E-state index contributed by atoms with van der Waals surface area (Å²) in [5.41, 5.74) is 1.85. The van der Waals surface area contributed by atoms with E-state index in [1.807, 2.05) is 32.6 Å². The number of nitrogens with zero attached hydrogens (tertiary/aromatic N) is 4. The molecule has 1 aromatic carbocycles. The maximum Gasteiger partial charge on any atom is 0.414 e. The van der Waals surface area contributed by atoms with Gasteiger partial charge in [-0.3, -0.25) is 4.79 Å². The number of aliphatic carboxylic acids is 1. The van der Waals surface area contributed by atoms with Crippen LogP contribution in [-0.4, -0.2) is 65.3 Å². The number of benzene rings is 1. The Hall–Kier alpha value is -3.36. The van der Waals surface area contributed by atoms with Gasteiger partial charge in [-0.25, -0.2) is 14.8 Å². The lowest BCUT2D eigenvalue weighted by Gasteiger charge is -2.23. The van der Waals surface area contributed by atoms with E-state index in [4.69, 9.17) is 4.74 Å². The molecule has 0 bridgehead atoms. The van der Waals surface area contributed by atoms with Crippen LogP contribution in [0.1, 0.15) is 44.9 Å². The van der Waals surface area contributed by atoms with Crippen LogP contribution >= 0.6 is 0 Å². The Labute approximate surface area is 189 Å². The smallest absolute Gasteiger partial charge is 0.414 e. The van der Waals surface area contributed by atoms with Crippen molar-refractivity contribution in [2.24, 2.45) is 0 Å². The third-order valence-corrected chi connectivity index (χ3v) is 4.86. The van der Waals surface area contributed by atoms with Gasteiger partial charge in [0.1, 0.15) is 11.7 Å². The molecule has 0 spiro atoms. The van der Waals surface area contributed by atoms with Crippen LogP contribution in [-0.2, 0) is 11.2 Å². The summed E-state index contributed by atoms with van der Waals surface area (Å²) in [5, 5.41) is 13.3. The average molecular weight is 444 g/mol. The molecule has 2 rings (SSSR count). The minimum atomic E-state index is -0.968. The van der Waals surface area contributed by atoms with Gasteiger partial charge in [0.05, 0.1) is 17.6 Å². The second kappa shape index (κ2) is 11.3. The molecule has 174 valence electrons. The SMILES string of the molecule is CCN(CC)c1ncc(NC(C)C)c(C(Cc2ccc(OC(=O)N(C)C)cc2)C(=O)O)n1. The molecular weight excluding hydrogens is 410 g/mol. The first-order valence-electron chi connectivity index (χ1n) is 10.8. The van der Waals surface area contributed by atoms with E-state index in [-0.39, 0.29) is 12.5 Å². The van der Waals surface area contributed by atoms with Gasteiger partial charge in [-0.15, -0.1) is 0 Å². The molecule has 1 unspecified atom stereocenters. The van der Waals surface area contributed by atoms with Crippen molar-refractivity contribution in [1.82, 2.24) is 14.9 Å². The fraction of sp³-hybridized carbons (Fsp3) is 0.478. The largest absolute Gasteiger partial charge is 0.481 e. The quantitative estimate of drug-likeness (QED) is 0.573. The number of hydrogen-bond acceptors (Lipinski definition) is 7. The van der Waals surface area contributed by atoms with Gasteiger partial charge in [0, 0.05) is 33.2 Å². The van der Waals surface area contributed by atoms with Gasteiger partial charge < -0.3 is 25.0 Å². The summed E-state index contributed by atoms with van der Waals surface area (Å²) in [6, 6.07) is 6.93. The molecule has 0 aliphatic rings. The van der Waals surface area contributed by atoms with E-state index < -0.39 is 18.0 Å². The Bertz CT molecular complexity index is 911. The number of ether oxygens (including phenoxy) is 1. The maximum atomic E-state index is 12.3. The molecule has 0 saturated heterocycles. The van der Waals surface area contributed by atoms with Crippen molar-refractivity contribution in [3.63, 3.8) is 0 Å². The number of amides is 1. The third kappa shape index (κ3) is 6.57. The van der Waals surface area contributed by atoms with E-state index in [2.05, 4.69) is 15.3 Å². The number of anilines is 2. The molecule has 0 fully saturated rings. The zero-order valence-electron chi connectivity index (χ0n) is 19.6. The van der Waals surface area contributed by atoms with Crippen molar-refractivity contribution >= 4 is 23.7 Å². The third-order valence-electron chi connectivity index (χ3n) is 4.86. The number of rotatable bonds is 10. The molecule has 2 N–H and O–H groups in total. The summed E-state index contributed by atoms with van der Waals surface area (Å²) in [6.45, 7) is 9.41. The van der Waals surface area contributed by atoms with Gasteiger partial charge in [0.15, 0.2) is 0 Å². The van der Waals surface area contributed by atoms with Crippen molar-refractivity contribution in [3.05, 3.63) is 41.7 Å². The second-order valence-corrected chi connectivity index (χ2v) is 7.94. The fourth-order valence-electron chi connectivity index (χ4n) is 3.15. The monoisotopic (exact) mass is 443 g/mol. The molecule has 0 saturated carbocycles. The highest BCUT2D eigenvalue weighted by atomic mass is 16.6. The van der Waals surface area contributed by atoms with Gasteiger partial charge in [-0.2, -0.15) is 0 Å². The van der Waals surface area contributed by atoms with E-state index >= 15 is 0 Å². The van der Waals surface area contributed by atoms with Crippen LogP contribution in [0, 0.1) is 0 Å². The minimum Gasteiger partial charge on any atom is -0.481 e. The Morgan fingerprint density at radius 3 is 2.25 bits per heavy atom. The van der Waals surface area contributed by atoms with Crippen molar-refractivity contribution in [1.29, 1.82) is 0 Å². The number of carboxylic acids is 1. The molecule has 1 aromatic heterocycles. The molecule has 0 aliphatic carbocycles. The predicted molar refractivity (Wildman–Crippen MR) is 125 cm³/mol. The van der Waals surface area contributed by atoms with Crippen LogP contribution in [0.3, 0.4) is 0 Å². The van der Waals surface area contributed by atoms with E-state index in [1.54, 1.807) is 44.6 Å². The average Bonchev–Trinajstić information content (AvgIpc) is 2.74. The normalized spacial score (nSPS) is 11.7. The molecule has 1 heterocycles. The van der Waals surface area contributed by atoms with E-state index in [9.17, 15) is 14.7 Å². The second-order valence-electron chi connectivity index (χ2n) is 7.94. The Morgan fingerprint density at radius 2 is 1.75 bits per heavy atom. The molecule has 2 aromatic rings. The Morgan fingerprint density at radius 1 is 1.12 bits per heavy atom. The van der Waals surface area contributed by atoms with Gasteiger partial charge in [0.25, 0.3) is 0 Å². The first-order chi connectivity index (χ1) is 15.2. The van der Waals surface area contributed by atoms with Crippen molar-refractivity contribution in [3.8, 4) is 5.75 Å². The molecule has 0 radical (unpaired) electrons. The van der Waals surface area contributed by atoms with Gasteiger partial charge in [-0.1, -0.05) is 12.1 Å². The van der Waals surface area contributed by atoms with Crippen LogP contribution in [0.5, 0.6) is 5.75 Å². The number of carbonyl (C=O) groups excluding carboxylic acids is 1. The van der Waals surface area contributed by atoms with Gasteiger partial charge >= 0.3 is 12.1 Å². The predicted octanol–water partition coefficient (Wildman–Crippen LogP) is 3.61. The highest BCUT2D eigenvalue weighted by Crippen LogP contribution is 2.29. The molecule has 0 aliphatic heterocycles. The molecule has 9 heteroatoms. The highest BCUT2D eigenvalue weighted by molar-refractivity contribution is 5.78. The standard InChI is InChI=1S/C23H33N5O4/c1-7-28(8-2)22-24-14-19(25-15(3)4)20(26-22)18(21(29)30)13-16-9-11-17(12-10-16)32-23(31)27(5)6/h9-12,14-15,18,25H,7-8,13H2,1-6H3,(H,29,30). The molecule has 9 nitrogen and oxygen atoms in total. The Balaban J connectivity index is 2.37. The lowest BCUT2D eigenvalue weighted by Crippen LogP contribution is -2.27. The van der Waals surface area contributed by atoms with Crippen LogP contribution in [0.15, 0.2) is 30.5 Å². The Kier molecular flexibility index (Phi) is 8.80. The number of nitrogens with one attached hydrogen (secondary N) is 1. The van der Waals surface area contributed by atoms with Crippen molar-refractivity contribution < 1.29 is 19.4 Å². The number of carboxylic acid groups (broad SMARTS) is 1. The first-order valence-corrected chi connectivity index (χ1v) is 10.8. The summed E-state index contributed by atoms with van der Waals surface area (Å²) in [7, 11) is 3.20. The van der Waals surface area contributed by atoms with E-state index in [0.29, 0.717) is 23.1 Å². The van der Waals surface area contributed by atoms with E-state index in [0.717, 1.165) is 18.7 Å². The van der Waals surface area contributed by atoms with Gasteiger partial charge in [0.2, 0.25) is 5.95 Å². The summed E-state index contributed by atoms with van der Waals surface area (Å²) >= 11 is 0. The highest BCUT2D eigenvalue weighted by Gasteiger charge is 2.27. The number of aromatic nitrogens is 2. The first kappa shape index (κ1) is 24.9.